The molecule has 0 bridgehead atoms. The summed E-state index contributed by atoms with van der Waals surface area (Å²) in [4.78, 5) is 55.6. The van der Waals surface area contributed by atoms with Gasteiger partial charge in [0, 0.05) is 32.6 Å². The molecule has 2 saturated heterocycles. The Morgan fingerprint density at radius 3 is 2.47 bits per heavy atom. The Morgan fingerprint density at radius 1 is 1.11 bits per heavy atom. The summed E-state index contributed by atoms with van der Waals surface area (Å²) in [7, 11) is 1.25. The predicted molar refractivity (Wildman–Crippen MR) is 128 cm³/mol. The standard InChI is InChI=1S/C26H35N3O7/c1-18-23(32)29(15-14-28(18)25(34)36-17-19-6-4-3-5-7-19)20(24(33)35-2)8-9-22(31)27-13-12-26(10-11-26)21(30)16-27/h3-7,18,20-21,30H,8-17H2,1-2H3/t18-,20-,21+/m0/s1. The number of piperidine rings is 1. The number of hydrogen-bond acceptors (Lipinski definition) is 7. The Morgan fingerprint density at radius 2 is 1.83 bits per heavy atom. The van der Waals surface area contributed by atoms with E-state index in [1.54, 1.807) is 11.8 Å². The van der Waals surface area contributed by atoms with Crippen molar-refractivity contribution in [2.24, 2.45) is 5.41 Å². The van der Waals surface area contributed by atoms with Crippen LogP contribution in [-0.2, 0) is 30.5 Å². The van der Waals surface area contributed by atoms with E-state index in [0.717, 1.165) is 24.8 Å². The number of esters is 1. The third-order valence-corrected chi connectivity index (χ3v) is 7.84. The van der Waals surface area contributed by atoms with Gasteiger partial charge < -0.3 is 24.4 Å². The Bertz CT molecular complexity index is 981. The van der Waals surface area contributed by atoms with Gasteiger partial charge >= 0.3 is 12.1 Å². The summed E-state index contributed by atoms with van der Waals surface area (Å²) in [6.07, 6.45) is 1.86. The molecule has 36 heavy (non-hydrogen) atoms. The fourth-order valence-corrected chi connectivity index (χ4v) is 5.20. The molecule has 3 aliphatic rings. The lowest BCUT2D eigenvalue weighted by molar-refractivity contribution is -0.158. The first-order chi connectivity index (χ1) is 17.3. The number of aliphatic hydroxyl groups is 1. The summed E-state index contributed by atoms with van der Waals surface area (Å²) in [6.45, 7) is 2.92. The van der Waals surface area contributed by atoms with Crippen LogP contribution in [-0.4, -0.2) is 95.2 Å². The Balaban J connectivity index is 1.33. The molecule has 3 atom stereocenters. The minimum Gasteiger partial charge on any atom is -0.467 e. The van der Waals surface area contributed by atoms with Crippen molar-refractivity contribution in [3.05, 3.63) is 35.9 Å². The van der Waals surface area contributed by atoms with E-state index in [2.05, 4.69) is 0 Å². The number of likely N-dealkylation sites (tertiary alicyclic amines) is 1. The van der Waals surface area contributed by atoms with E-state index in [9.17, 15) is 24.3 Å². The van der Waals surface area contributed by atoms with Crippen molar-refractivity contribution < 1.29 is 33.8 Å². The first-order valence-electron chi connectivity index (χ1n) is 12.6. The first kappa shape index (κ1) is 25.9. The molecule has 1 N–H and O–H groups in total. The Hall–Kier alpha value is -3.14. The monoisotopic (exact) mass is 501 g/mol. The number of carbonyl (C=O) groups excluding carboxylic acids is 4. The SMILES string of the molecule is COC(=O)[C@H](CCC(=O)N1CCC2(CC2)[C@H](O)C1)N1CCN(C(=O)OCc2ccccc2)[C@@H](C)C1=O. The molecule has 2 heterocycles. The molecule has 10 nitrogen and oxygen atoms in total. The highest BCUT2D eigenvalue weighted by molar-refractivity contribution is 5.90. The van der Waals surface area contributed by atoms with Crippen molar-refractivity contribution in [3.63, 3.8) is 0 Å². The number of hydrogen-bond donors (Lipinski definition) is 1. The number of amides is 3. The van der Waals surface area contributed by atoms with Gasteiger partial charge in [0.1, 0.15) is 18.7 Å². The smallest absolute Gasteiger partial charge is 0.410 e. The molecule has 1 aromatic rings. The van der Waals surface area contributed by atoms with Gasteiger partial charge in [-0.15, -0.1) is 0 Å². The third-order valence-electron chi connectivity index (χ3n) is 7.84. The van der Waals surface area contributed by atoms with E-state index in [1.807, 2.05) is 30.3 Å². The quantitative estimate of drug-likeness (QED) is 0.564. The molecule has 1 aliphatic carbocycles. The van der Waals surface area contributed by atoms with Crippen molar-refractivity contribution in [3.8, 4) is 0 Å². The van der Waals surface area contributed by atoms with Crippen LogP contribution in [0.2, 0.25) is 0 Å². The van der Waals surface area contributed by atoms with Crippen molar-refractivity contribution >= 4 is 23.9 Å². The molecule has 4 rings (SSSR count). The van der Waals surface area contributed by atoms with Crippen LogP contribution in [0.5, 0.6) is 0 Å². The van der Waals surface area contributed by atoms with Gasteiger partial charge in [-0.05, 0) is 43.6 Å². The van der Waals surface area contributed by atoms with Crippen LogP contribution in [0.4, 0.5) is 4.79 Å². The molecule has 1 saturated carbocycles. The molecule has 3 amide bonds. The summed E-state index contributed by atoms with van der Waals surface area (Å²) < 4.78 is 10.3. The fraction of sp³-hybridized carbons (Fsp3) is 0.615. The number of carbonyl (C=O) groups is 4. The maximum absolute atomic E-state index is 13.2. The maximum atomic E-state index is 13.2. The van der Waals surface area contributed by atoms with Gasteiger partial charge in [0.2, 0.25) is 11.8 Å². The second-order valence-corrected chi connectivity index (χ2v) is 9.99. The van der Waals surface area contributed by atoms with E-state index in [1.165, 1.54) is 16.9 Å². The Kier molecular flexibility index (Phi) is 7.82. The van der Waals surface area contributed by atoms with Gasteiger partial charge in [-0.3, -0.25) is 14.5 Å². The molecule has 1 spiro atoms. The Labute approximate surface area is 211 Å². The molecule has 0 radical (unpaired) electrons. The predicted octanol–water partition coefficient (Wildman–Crippen LogP) is 1.55. The van der Waals surface area contributed by atoms with Gasteiger partial charge in [-0.1, -0.05) is 30.3 Å². The fourth-order valence-electron chi connectivity index (χ4n) is 5.20. The number of ether oxygens (including phenoxy) is 2. The number of β-amino-alcohol motifs (C(OH)–C–C–N with tert-alkyl or cyclic N) is 1. The first-order valence-corrected chi connectivity index (χ1v) is 12.6. The summed E-state index contributed by atoms with van der Waals surface area (Å²) in [5, 5.41) is 10.4. The van der Waals surface area contributed by atoms with Gasteiger partial charge in [-0.2, -0.15) is 0 Å². The average molecular weight is 502 g/mol. The van der Waals surface area contributed by atoms with Crippen molar-refractivity contribution in [2.45, 2.75) is 63.8 Å². The second kappa shape index (κ2) is 10.9. The van der Waals surface area contributed by atoms with Crippen LogP contribution < -0.4 is 0 Å². The van der Waals surface area contributed by atoms with Gasteiger partial charge in [-0.25, -0.2) is 9.59 Å². The maximum Gasteiger partial charge on any atom is 0.410 e. The van der Waals surface area contributed by atoms with Crippen LogP contribution in [0.3, 0.4) is 0 Å². The third kappa shape index (κ3) is 5.48. The summed E-state index contributed by atoms with van der Waals surface area (Å²) in [5.74, 6) is -1.15. The van der Waals surface area contributed by atoms with E-state index >= 15 is 0 Å². The molecule has 1 aromatic carbocycles. The lowest BCUT2D eigenvalue weighted by atomic mass is 9.90. The van der Waals surface area contributed by atoms with Gasteiger partial charge in [0.05, 0.1) is 13.2 Å². The van der Waals surface area contributed by atoms with Crippen LogP contribution in [0.15, 0.2) is 30.3 Å². The minimum absolute atomic E-state index is 0.00416. The van der Waals surface area contributed by atoms with E-state index in [-0.39, 0.29) is 43.9 Å². The molecule has 196 valence electrons. The number of methoxy groups -OCH3 is 1. The van der Waals surface area contributed by atoms with Crippen LogP contribution in [0.1, 0.15) is 44.6 Å². The summed E-state index contributed by atoms with van der Waals surface area (Å²) in [6, 6.07) is 7.51. The van der Waals surface area contributed by atoms with Crippen LogP contribution in [0.25, 0.3) is 0 Å². The second-order valence-electron chi connectivity index (χ2n) is 9.99. The van der Waals surface area contributed by atoms with Crippen LogP contribution in [0, 0.1) is 5.41 Å². The van der Waals surface area contributed by atoms with Gasteiger partial charge in [0.15, 0.2) is 0 Å². The molecule has 10 heteroatoms. The zero-order chi connectivity index (χ0) is 25.9. The molecule has 3 fully saturated rings. The average Bonchev–Trinajstić information content (AvgIpc) is 3.67. The zero-order valence-electron chi connectivity index (χ0n) is 20.9. The normalized spacial score (nSPS) is 23.9. The van der Waals surface area contributed by atoms with Crippen molar-refractivity contribution in [1.82, 2.24) is 14.7 Å². The van der Waals surface area contributed by atoms with E-state index in [0.29, 0.717) is 13.1 Å². The van der Waals surface area contributed by atoms with Crippen LogP contribution >= 0.6 is 0 Å². The van der Waals surface area contributed by atoms with Gasteiger partial charge in [0.25, 0.3) is 0 Å². The molecular weight excluding hydrogens is 466 g/mol. The van der Waals surface area contributed by atoms with Crippen molar-refractivity contribution in [1.29, 1.82) is 0 Å². The number of benzene rings is 1. The van der Waals surface area contributed by atoms with E-state index < -0.39 is 36.2 Å². The number of rotatable bonds is 7. The summed E-state index contributed by atoms with van der Waals surface area (Å²) in [5.41, 5.74) is 0.836. The highest BCUT2D eigenvalue weighted by Gasteiger charge is 2.51. The van der Waals surface area contributed by atoms with E-state index in [4.69, 9.17) is 9.47 Å². The largest absolute Gasteiger partial charge is 0.467 e. The molecular formula is C26H35N3O7. The number of nitrogens with zero attached hydrogens (tertiary/aromatic N) is 3. The van der Waals surface area contributed by atoms with Crippen molar-refractivity contribution in [2.75, 3.05) is 33.3 Å². The molecule has 0 aromatic heterocycles. The molecule has 0 unspecified atom stereocenters. The number of aliphatic hydroxyl groups excluding tert-OH is 1. The molecule has 2 aliphatic heterocycles. The zero-order valence-corrected chi connectivity index (χ0v) is 20.9. The summed E-state index contributed by atoms with van der Waals surface area (Å²) >= 11 is 0. The topological polar surface area (TPSA) is 117 Å². The lowest BCUT2D eigenvalue weighted by Gasteiger charge is -2.41. The lowest BCUT2D eigenvalue weighted by Crippen LogP contribution is -2.61. The minimum atomic E-state index is -0.930. The number of piperazine rings is 1. The highest BCUT2D eigenvalue weighted by atomic mass is 16.6. The highest BCUT2D eigenvalue weighted by Crippen LogP contribution is 2.53.